The van der Waals surface area contributed by atoms with Gasteiger partial charge < -0.3 is 10.2 Å². The molecule has 2 unspecified atom stereocenters. The minimum Gasteiger partial charge on any atom is -0.354 e. The lowest BCUT2D eigenvalue weighted by molar-refractivity contribution is -0.121. The van der Waals surface area contributed by atoms with Gasteiger partial charge in [0.25, 0.3) is 0 Å². The molecule has 1 aliphatic rings. The zero-order valence-electron chi connectivity index (χ0n) is 12.0. The summed E-state index contributed by atoms with van der Waals surface area (Å²) >= 11 is 5.60. The molecule has 0 saturated heterocycles. The van der Waals surface area contributed by atoms with Crippen molar-refractivity contribution in [3.63, 3.8) is 0 Å². The van der Waals surface area contributed by atoms with E-state index in [-0.39, 0.29) is 11.4 Å². The maximum absolute atomic E-state index is 11.7. The molecule has 1 rings (SSSR count). The molecule has 0 heterocycles. The first-order valence-electron chi connectivity index (χ1n) is 7.00. The second-order valence-corrected chi connectivity index (χ2v) is 6.27. The smallest absolute Gasteiger partial charge is 0.220 e. The highest BCUT2D eigenvalue weighted by molar-refractivity contribution is 6.17. The van der Waals surface area contributed by atoms with Crippen molar-refractivity contribution in [2.75, 3.05) is 26.5 Å². The number of nitrogens with zero attached hydrogens (tertiary/aromatic N) is 1. The average molecular weight is 275 g/mol. The Hall–Kier alpha value is -0.280. The molecule has 1 aliphatic carbocycles. The Morgan fingerprint density at radius 1 is 1.50 bits per heavy atom. The Labute approximate surface area is 116 Å². The van der Waals surface area contributed by atoms with Gasteiger partial charge in [0.1, 0.15) is 0 Å². The van der Waals surface area contributed by atoms with Gasteiger partial charge in [-0.3, -0.25) is 4.79 Å². The van der Waals surface area contributed by atoms with Crippen molar-refractivity contribution in [1.82, 2.24) is 10.2 Å². The summed E-state index contributed by atoms with van der Waals surface area (Å²) in [6.07, 6.45) is 6.24. The van der Waals surface area contributed by atoms with Crippen molar-refractivity contribution in [2.45, 2.75) is 51.0 Å². The Kier molecular flexibility index (Phi) is 6.44. The number of carbonyl (C=O) groups is 1. The zero-order chi connectivity index (χ0) is 13.6. The van der Waals surface area contributed by atoms with E-state index in [2.05, 4.69) is 31.2 Å². The second kappa shape index (κ2) is 7.34. The quantitative estimate of drug-likeness (QED) is 0.755. The highest BCUT2D eigenvalue weighted by atomic mass is 35.5. The Morgan fingerprint density at radius 3 is 2.78 bits per heavy atom. The van der Waals surface area contributed by atoms with E-state index in [9.17, 15) is 4.79 Å². The van der Waals surface area contributed by atoms with Crippen molar-refractivity contribution in [2.24, 2.45) is 5.92 Å². The molecular weight excluding hydrogens is 248 g/mol. The topological polar surface area (TPSA) is 32.3 Å². The lowest BCUT2D eigenvalue weighted by Gasteiger charge is -2.45. The maximum Gasteiger partial charge on any atom is 0.220 e. The Morgan fingerprint density at radius 2 is 2.22 bits per heavy atom. The van der Waals surface area contributed by atoms with E-state index in [0.717, 1.165) is 18.9 Å². The maximum atomic E-state index is 11.7. The molecule has 1 amide bonds. The van der Waals surface area contributed by atoms with Gasteiger partial charge in [0.15, 0.2) is 0 Å². The third-order valence-electron chi connectivity index (χ3n) is 4.17. The number of hydrogen-bond acceptors (Lipinski definition) is 2. The lowest BCUT2D eigenvalue weighted by Crippen LogP contribution is -2.55. The predicted molar refractivity (Wildman–Crippen MR) is 77.0 cm³/mol. The summed E-state index contributed by atoms with van der Waals surface area (Å²) in [7, 11) is 4.26. The molecule has 0 aromatic heterocycles. The van der Waals surface area contributed by atoms with Crippen molar-refractivity contribution in [1.29, 1.82) is 0 Å². The summed E-state index contributed by atoms with van der Waals surface area (Å²) in [6.45, 7) is 3.08. The number of carbonyl (C=O) groups excluding carboxylic acids is 1. The molecule has 18 heavy (non-hydrogen) atoms. The van der Waals surface area contributed by atoms with Gasteiger partial charge in [-0.05, 0) is 39.3 Å². The van der Waals surface area contributed by atoms with Crippen LogP contribution in [0.4, 0.5) is 0 Å². The Balaban J connectivity index is 2.50. The predicted octanol–water partition coefficient (Wildman–Crippen LogP) is 2.63. The van der Waals surface area contributed by atoms with E-state index < -0.39 is 0 Å². The molecule has 0 aliphatic heterocycles. The molecule has 4 heteroatoms. The summed E-state index contributed by atoms with van der Waals surface area (Å²) in [5.74, 6) is 1.44. The number of nitrogens with one attached hydrogen (secondary N) is 1. The summed E-state index contributed by atoms with van der Waals surface area (Å²) < 4.78 is 0. The van der Waals surface area contributed by atoms with Gasteiger partial charge in [-0.2, -0.15) is 0 Å². The van der Waals surface area contributed by atoms with Gasteiger partial charge in [0.2, 0.25) is 5.91 Å². The monoisotopic (exact) mass is 274 g/mol. The van der Waals surface area contributed by atoms with E-state index in [1.165, 1.54) is 25.7 Å². The Bertz CT molecular complexity index is 271. The first-order chi connectivity index (χ1) is 8.50. The summed E-state index contributed by atoms with van der Waals surface area (Å²) in [4.78, 5) is 14.0. The van der Waals surface area contributed by atoms with Crippen LogP contribution in [0.15, 0.2) is 0 Å². The van der Waals surface area contributed by atoms with Gasteiger partial charge >= 0.3 is 0 Å². The molecule has 0 spiro atoms. The van der Waals surface area contributed by atoms with E-state index in [0.29, 0.717) is 12.3 Å². The van der Waals surface area contributed by atoms with E-state index in [1.807, 2.05) is 0 Å². The molecule has 106 valence electrons. The van der Waals surface area contributed by atoms with Crippen LogP contribution in [0.25, 0.3) is 0 Å². The van der Waals surface area contributed by atoms with Crippen molar-refractivity contribution >= 4 is 17.5 Å². The number of rotatable bonds is 6. The molecule has 1 N–H and O–H groups in total. The van der Waals surface area contributed by atoms with Crippen LogP contribution >= 0.6 is 11.6 Å². The normalized spacial score (nSPS) is 28.4. The van der Waals surface area contributed by atoms with Crippen LogP contribution in [0.2, 0.25) is 0 Å². The highest BCUT2D eigenvalue weighted by Gasteiger charge is 2.36. The third-order valence-corrected chi connectivity index (χ3v) is 4.44. The van der Waals surface area contributed by atoms with Crippen LogP contribution < -0.4 is 5.32 Å². The molecule has 0 bridgehead atoms. The van der Waals surface area contributed by atoms with Crippen LogP contribution in [-0.2, 0) is 4.79 Å². The molecule has 0 aromatic rings. The standard InChI is InChI=1S/C14H27ClN2O/c1-12-6-4-8-14(10-12,17(2)3)11-16-13(18)7-5-9-15/h12H,4-11H2,1-3H3,(H,16,18). The fraction of sp³-hybridized carbons (Fsp3) is 0.929. The molecule has 1 saturated carbocycles. The highest BCUT2D eigenvalue weighted by Crippen LogP contribution is 2.35. The molecule has 3 nitrogen and oxygen atoms in total. The molecule has 1 fully saturated rings. The average Bonchev–Trinajstić information content (AvgIpc) is 2.33. The number of amides is 1. The first-order valence-corrected chi connectivity index (χ1v) is 7.54. The third kappa shape index (κ3) is 4.43. The van der Waals surface area contributed by atoms with E-state index in [1.54, 1.807) is 0 Å². The van der Waals surface area contributed by atoms with Gasteiger partial charge in [-0.15, -0.1) is 11.6 Å². The minimum atomic E-state index is 0.134. The number of alkyl halides is 1. The minimum absolute atomic E-state index is 0.134. The number of likely N-dealkylation sites (N-methyl/N-ethyl adjacent to an activating group) is 1. The van der Waals surface area contributed by atoms with Crippen molar-refractivity contribution < 1.29 is 4.79 Å². The second-order valence-electron chi connectivity index (χ2n) is 5.89. The first kappa shape index (κ1) is 15.8. The summed E-state index contributed by atoms with van der Waals surface area (Å²) in [6, 6.07) is 0. The largest absolute Gasteiger partial charge is 0.354 e. The van der Waals surface area contributed by atoms with Gasteiger partial charge in [0, 0.05) is 24.4 Å². The lowest BCUT2D eigenvalue weighted by atomic mass is 9.75. The number of halogens is 1. The number of hydrogen-bond donors (Lipinski definition) is 1. The van der Waals surface area contributed by atoms with Crippen LogP contribution in [0, 0.1) is 5.92 Å². The molecule has 0 radical (unpaired) electrons. The van der Waals surface area contributed by atoms with Crippen molar-refractivity contribution in [3.8, 4) is 0 Å². The SMILES string of the molecule is CC1CCCC(CNC(=O)CCCCl)(N(C)C)C1. The van der Waals surface area contributed by atoms with Crippen LogP contribution in [0.5, 0.6) is 0 Å². The summed E-state index contributed by atoms with van der Waals surface area (Å²) in [5.41, 5.74) is 0.147. The van der Waals surface area contributed by atoms with E-state index in [4.69, 9.17) is 11.6 Å². The van der Waals surface area contributed by atoms with Gasteiger partial charge in [-0.1, -0.05) is 19.8 Å². The van der Waals surface area contributed by atoms with Crippen molar-refractivity contribution in [3.05, 3.63) is 0 Å². The fourth-order valence-corrected chi connectivity index (χ4v) is 3.07. The van der Waals surface area contributed by atoms with Crippen LogP contribution in [0.1, 0.15) is 45.4 Å². The van der Waals surface area contributed by atoms with Gasteiger partial charge in [0.05, 0.1) is 0 Å². The molecule has 2 atom stereocenters. The van der Waals surface area contributed by atoms with E-state index >= 15 is 0 Å². The van der Waals surface area contributed by atoms with Crippen LogP contribution in [-0.4, -0.2) is 42.9 Å². The van der Waals surface area contributed by atoms with Gasteiger partial charge in [-0.25, -0.2) is 0 Å². The van der Waals surface area contributed by atoms with Crippen LogP contribution in [0.3, 0.4) is 0 Å². The molecular formula is C14H27ClN2O. The zero-order valence-corrected chi connectivity index (χ0v) is 12.7. The summed E-state index contributed by atoms with van der Waals surface area (Å²) in [5, 5.41) is 3.09. The molecule has 0 aromatic carbocycles. The fourth-order valence-electron chi connectivity index (χ4n) is 2.94.